The molecular formula is C13H22BrN3OS. The molecule has 1 fully saturated rings. The summed E-state index contributed by atoms with van der Waals surface area (Å²) in [6, 6.07) is 2.60. The number of thiophene rings is 1. The van der Waals surface area contributed by atoms with Crippen LogP contribution in [-0.4, -0.2) is 60.3 Å². The van der Waals surface area contributed by atoms with Crippen LogP contribution in [0.3, 0.4) is 0 Å². The third-order valence-corrected chi connectivity index (χ3v) is 5.36. The molecule has 0 bridgehead atoms. The summed E-state index contributed by atoms with van der Waals surface area (Å²) in [5.41, 5.74) is 6.20. The summed E-state index contributed by atoms with van der Waals surface area (Å²) < 4.78 is 1.14. The minimum absolute atomic E-state index is 0.120. The number of β-amino-alcohol motifs (C(OH)–C–C–N with tert-alkyl or cyclic N) is 1. The first-order chi connectivity index (χ1) is 9.11. The molecule has 0 aromatic carbocycles. The molecule has 1 saturated heterocycles. The van der Waals surface area contributed by atoms with Gasteiger partial charge in [-0.2, -0.15) is 0 Å². The molecule has 0 spiro atoms. The number of nitrogens with two attached hydrogens (primary N) is 1. The Hall–Kier alpha value is 0.0200. The molecule has 4 nitrogen and oxygen atoms in total. The van der Waals surface area contributed by atoms with Crippen LogP contribution in [0.15, 0.2) is 15.9 Å². The summed E-state index contributed by atoms with van der Waals surface area (Å²) in [7, 11) is 0. The number of aliphatic hydroxyl groups is 1. The first kappa shape index (κ1) is 15.4. The van der Waals surface area contributed by atoms with E-state index in [1.54, 1.807) is 11.3 Å². The first-order valence-corrected chi connectivity index (χ1v) is 8.36. The molecule has 2 heterocycles. The van der Waals surface area contributed by atoms with Gasteiger partial charge in [-0.05, 0) is 28.9 Å². The number of hydrogen-bond acceptors (Lipinski definition) is 5. The van der Waals surface area contributed by atoms with Crippen molar-refractivity contribution in [2.45, 2.75) is 19.0 Å². The van der Waals surface area contributed by atoms with Crippen molar-refractivity contribution >= 4 is 27.3 Å². The van der Waals surface area contributed by atoms with Gasteiger partial charge in [0, 0.05) is 53.5 Å². The SMILES string of the molecule is CC(N)C(c1cc(Br)cs1)N1CCN(CCO)CC1. The van der Waals surface area contributed by atoms with Gasteiger partial charge in [0.25, 0.3) is 0 Å². The summed E-state index contributed by atoms with van der Waals surface area (Å²) in [5.74, 6) is 0. The average Bonchev–Trinajstić information content (AvgIpc) is 2.78. The maximum absolute atomic E-state index is 8.98. The molecule has 0 radical (unpaired) electrons. The summed E-state index contributed by atoms with van der Waals surface area (Å²) in [5, 5.41) is 11.1. The molecule has 1 aromatic rings. The van der Waals surface area contributed by atoms with Gasteiger partial charge in [0.05, 0.1) is 12.6 Å². The fraction of sp³-hybridized carbons (Fsp3) is 0.692. The van der Waals surface area contributed by atoms with E-state index in [2.05, 4.69) is 44.1 Å². The summed E-state index contributed by atoms with van der Waals surface area (Å²) in [4.78, 5) is 6.10. The Labute approximate surface area is 127 Å². The van der Waals surface area contributed by atoms with Crippen LogP contribution in [0, 0.1) is 0 Å². The molecular weight excluding hydrogens is 326 g/mol. The predicted molar refractivity (Wildman–Crippen MR) is 83.5 cm³/mol. The summed E-state index contributed by atoms with van der Waals surface area (Å²) >= 11 is 5.29. The quantitative estimate of drug-likeness (QED) is 0.847. The Bertz CT molecular complexity index is 391. The summed E-state index contributed by atoms with van der Waals surface area (Å²) in [6.07, 6.45) is 0. The highest BCUT2D eigenvalue weighted by Crippen LogP contribution is 2.31. The van der Waals surface area contributed by atoms with E-state index in [1.807, 2.05) is 0 Å². The molecule has 0 saturated carbocycles. The Morgan fingerprint density at radius 1 is 1.42 bits per heavy atom. The van der Waals surface area contributed by atoms with Crippen LogP contribution >= 0.6 is 27.3 Å². The Morgan fingerprint density at radius 2 is 2.11 bits per heavy atom. The normalized spacial score (nSPS) is 21.5. The van der Waals surface area contributed by atoms with E-state index < -0.39 is 0 Å². The molecule has 108 valence electrons. The van der Waals surface area contributed by atoms with E-state index >= 15 is 0 Å². The minimum Gasteiger partial charge on any atom is -0.395 e. The highest BCUT2D eigenvalue weighted by molar-refractivity contribution is 9.10. The zero-order valence-electron chi connectivity index (χ0n) is 11.3. The van der Waals surface area contributed by atoms with E-state index in [-0.39, 0.29) is 12.6 Å². The monoisotopic (exact) mass is 347 g/mol. The zero-order chi connectivity index (χ0) is 13.8. The maximum atomic E-state index is 8.98. The van der Waals surface area contributed by atoms with Gasteiger partial charge in [-0.3, -0.25) is 9.80 Å². The first-order valence-electron chi connectivity index (χ1n) is 6.68. The van der Waals surface area contributed by atoms with Gasteiger partial charge in [-0.1, -0.05) is 0 Å². The highest BCUT2D eigenvalue weighted by Gasteiger charge is 2.28. The van der Waals surface area contributed by atoms with Gasteiger partial charge >= 0.3 is 0 Å². The van der Waals surface area contributed by atoms with Gasteiger partial charge < -0.3 is 10.8 Å². The Kier molecular flexibility index (Phi) is 5.80. The lowest BCUT2D eigenvalue weighted by atomic mass is 10.1. The van der Waals surface area contributed by atoms with Crippen molar-refractivity contribution in [3.05, 3.63) is 20.8 Å². The van der Waals surface area contributed by atoms with Crippen molar-refractivity contribution in [2.75, 3.05) is 39.3 Å². The molecule has 2 unspecified atom stereocenters. The molecule has 2 rings (SSSR count). The molecule has 0 aliphatic carbocycles. The van der Waals surface area contributed by atoms with Crippen molar-refractivity contribution < 1.29 is 5.11 Å². The van der Waals surface area contributed by atoms with Gasteiger partial charge in [-0.25, -0.2) is 0 Å². The van der Waals surface area contributed by atoms with E-state index in [0.717, 1.165) is 37.2 Å². The molecule has 1 aromatic heterocycles. The van der Waals surface area contributed by atoms with Crippen molar-refractivity contribution in [1.82, 2.24) is 9.80 Å². The number of piperazine rings is 1. The van der Waals surface area contributed by atoms with Crippen LogP contribution in [0.1, 0.15) is 17.8 Å². The topological polar surface area (TPSA) is 52.7 Å². The van der Waals surface area contributed by atoms with E-state index in [4.69, 9.17) is 10.8 Å². The van der Waals surface area contributed by atoms with Gasteiger partial charge in [0.15, 0.2) is 0 Å². The van der Waals surface area contributed by atoms with Crippen molar-refractivity contribution in [3.63, 3.8) is 0 Å². The Balaban J connectivity index is 2.01. The second-order valence-electron chi connectivity index (χ2n) is 5.07. The number of nitrogens with zero attached hydrogens (tertiary/aromatic N) is 2. The van der Waals surface area contributed by atoms with Crippen molar-refractivity contribution in [1.29, 1.82) is 0 Å². The number of hydrogen-bond donors (Lipinski definition) is 2. The lowest BCUT2D eigenvalue weighted by molar-refractivity contribution is 0.0772. The van der Waals surface area contributed by atoms with Crippen LogP contribution in [0.25, 0.3) is 0 Å². The number of rotatable bonds is 5. The maximum Gasteiger partial charge on any atom is 0.0592 e. The molecule has 1 aliphatic rings. The average molecular weight is 348 g/mol. The standard InChI is InChI=1S/C13H22BrN3OS/c1-10(15)13(12-8-11(14)9-19-12)17-4-2-16(3-5-17)6-7-18/h8-10,13,18H,2-7,15H2,1H3. The largest absolute Gasteiger partial charge is 0.395 e. The smallest absolute Gasteiger partial charge is 0.0592 e. The zero-order valence-corrected chi connectivity index (χ0v) is 13.7. The second-order valence-corrected chi connectivity index (χ2v) is 6.93. The minimum atomic E-state index is 0.120. The van der Waals surface area contributed by atoms with Crippen LogP contribution in [-0.2, 0) is 0 Å². The molecule has 1 aliphatic heterocycles. The van der Waals surface area contributed by atoms with Crippen LogP contribution in [0.5, 0.6) is 0 Å². The summed E-state index contributed by atoms with van der Waals surface area (Å²) in [6.45, 7) is 7.16. The van der Waals surface area contributed by atoms with Crippen LogP contribution in [0.4, 0.5) is 0 Å². The molecule has 6 heteroatoms. The number of halogens is 1. The van der Waals surface area contributed by atoms with E-state index in [0.29, 0.717) is 6.04 Å². The molecule has 3 N–H and O–H groups in total. The van der Waals surface area contributed by atoms with Crippen LogP contribution < -0.4 is 5.73 Å². The molecule has 0 amide bonds. The van der Waals surface area contributed by atoms with Crippen molar-refractivity contribution in [3.8, 4) is 0 Å². The fourth-order valence-electron chi connectivity index (χ4n) is 2.66. The van der Waals surface area contributed by atoms with Gasteiger partial charge in [0.1, 0.15) is 0 Å². The van der Waals surface area contributed by atoms with Crippen molar-refractivity contribution in [2.24, 2.45) is 5.73 Å². The van der Waals surface area contributed by atoms with Crippen LogP contribution in [0.2, 0.25) is 0 Å². The third kappa shape index (κ3) is 4.00. The molecule has 2 atom stereocenters. The predicted octanol–water partition coefficient (Wildman–Crippen LogP) is 1.51. The van der Waals surface area contributed by atoms with E-state index in [1.165, 1.54) is 4.88 Å². The lowest BCUT2D eigenvalue weighted by Gasteiger charge is -2.40. The molecule has 19 heavy (non-hydrogen) atoms. The van der Waals surface area contributed by atoms with Gasteiger partial charge in [0.2, 0.25) is 0 Å². The lowest BCUT2D eigenvalue weighted by Crippen LogP contribution is -2.51. The third-order valence-electron chi connectivity index (χ3n) is 3.59. The van der Waals surface area contributed by atoms with E-state index in [9.17, 15) is 0 Å². The Morgan fingerprint density at radius 3 is 2.58 bits per heavy atom. The van der Waals surface area contributed by atoms with Gasteiger partial charge in [-0.15, -0.1) is 11.3 Å². The fourth-order valence-corrected chi connectivity index (χ4v) is 4.35. The highest BCUT2D eigenvalue weighted by atomic mass is 79.9. The number of aliphatic hydroxyl groups excluding tert-OH is 1. The second kappa shape index (κ2) is 7.15.